The van der Waals surface area contributed by atoms with Gasteiger partial charge in [0.2, 0.25) is 5.91 Å². The first-order valence-electron chi connectivity index (χ1n) is 10.7. The van der Waals surface area contributed by atoms with E-state index in [1.807, 2.05) is 59.2 Å². The number of hydrogen-bond donors (Lipinski definition) is 2. The van der Waals surface area contributed by atoms with Gasteiger partial charge in [-0.25, -0.2) is 0 Å². The zero-order chi connectivity index (χ0) is 24.6. The molecule has 35 heavy (non-hydrogen) atoms. The Morgan fingerprint density at radius 2 is 1.77 bits per heavy atom. The van der Waals surface area contributed by atoms with Crippen LogP contribution in [-0.2, 0) is 11.3 Å². The summed E-state index contributed by atoms with van der Waals surface area (Å²) in [6.07, 6.45) is 0. The van der Waals surface area contributed by atoms with Crippen molar-refractivity contribution in [3.8, 4) is 17.2 Å². The standard InChI is InChI=1S/C25H24ClN5O3S/c1-33-20-12-13-22(34-2)21(14-20)28-24(32)16-35-25-30-29-23(31(25)19-6-4-3-5-7-19)15-27-18-10-8-17(26)9-11-18/h3-14,27H,15-16H2,1-2H3,(H,28,32). The SMILES string of the molecule is COc1ccc(OC)c(NC(=O)CSc2nnc(CNc3ccc(Cl)cc3)n2-c2ccccc2)c1. The summed E-state index contributed by atoms with van der Waals surface area (Å²) in [6, 6.07) is 22.5. The third-order valence-electron chi connectivity index (χ3n) is 5.02. The Balaban J connectivity index is 1.49. The Labute approximate surface area is 212 Å². The van der Waals surface area contributed by atoms with Gasteiger partial charge in [0.05, 0.1) is 32.2 Å². The fourth-order valence-electron chi connectivity index (χ4n) is 3.32. The number of aromatic nitrogens is 3. The number of anilines is 2. The van der Waals surface area contributed by atoms with Crippen molar-refractivity contribution in [2.24, 2.45) is 0 Å². The van der Waals surface area contributed by atoms with Crippen molar-refractivity contribution in [2.75, 3.05) is 30.6 Å². The number of hydrogen-bond acceptors (Lipinski definition) is 7. The second-order valence-electron chi connectivity index (χ2n) is 7.33. The number of nitrogens with one attached hydrogen (secondary N) is 2. The lowest BCUT2D eigenvalue weighted by molar-refractivity contribution is -0.113. The van der Waals surface area contributed by atoms with Crippen molar-refractivity contribution in [2.45, 2.75) is 11.7 Å². The number of thioether (sulfide) groups is 1. The Morgan fingerprint density at radius 3 is 2.49 bits per heavy atom. The number of methoxy groups -OCH3 is 2. The van der Waals surface area contributed by atoms with Crippen molar-refractivity contribution in [1.82, 2.24) is 14.8 Å². The van der Waals surface area contributed by atoms with E-state index in [9.17, 15) is 4.79 Å². The van der Waals surface area contributed by atoms with Crippen molar-refractivity contribution in [1.29, 1.82) is 0 Å². The molecule has 0 bridgehead atoms. The van der Waals surface area contributed by atoms with Crippen molar-refractivity contribution >= 4 is 40.6 Å². The minimum Gasteiger partial charge on any atom is -0.497 e. The molecule has 3 aromatic carbocycles. The first-order valence-corrected chi connectivity index (χ1v) is 12.1. The van der Waals surface area contributed by atoms with Crippen LogP contribution >= 0.6 is 23.4 Å². The largest absolute Gasteiger partial charge is 0.497 e. The first kappa shape index (κ1) is 24.4. The molecule has 1 heterocycles. The van der Waals surface area contributed by atoms with Crippen molar-refractivity contribution in [3.63, 3.8) is 0 Å². The fourth-order valence-corrected chi connectivity index (χ4v) is 4.22. The van der Waals surface area contributed by atoms with Crippen LogP contribution in [0.15, 0.2) is 78.0 Å². The molecule has 1 amide bonds. The Hall–Kier alpha value is -3.69. The van der Waals surface area contributed by atoms with Gasteiger partial charge >= 0.3 is 0 Å². The van der Waals surface area contributed by atoms with Gasteiger partial charge in [-0.15, -0.1) is 10.2 Å². The van der Waals surface area contributed by atoms with Gasteiger partial charge in [0.25, 0.3) is 0 Å². The smallest absolute Gasteiger partial charge is 0.234 e. The minimum absolute atomic E-state index is 0.135. The lowest BCUT2D eigenvalue weighted by atomic mass is 10.2. The number of nitrogens with zero attached hydrogens (tertiary/aromatic N) is 3. The molecule has 0 spiro atoms. The molecule has 0 aliphatic heterocycles. The third-order valence-corrected chi connectivity index (χ3v) is 6.20. The molecule has 0 aliphatic rings. The summed E-state index contributed by atoms with van der Waals surface area (Å²) in [5, 5.41) is 16.2. The lowest BCUT2D eigenvalue weighted by Gasteiger charge is -2.13. The molecule has 4 aromatic rings. The minimum atomic E-state index is -0.204. The van der Waals surface area contributed by atoms with E-state index in [2.05, 4.69) is 20.8 Å². The van der Waals surface area contributed by atoms with Crippen LogP contribution in [0.1, 0.15) is 5.82 Å². The molecule has 10 heteroatoms. The van der Waals surface area contributed by atoms with Gasteiger partial charge < -0.3 is 20.1 Å². The van der Waals surface area contributed by atoms with Gasteiger partial charge in [-0.2, -0.15) is 0 Å². The van der Waals surface area contributed by atoms with Crippen LogP contribution in [0.4, 0.5) is 11.4 Å². The highest BCUT2D eigenvalue weighted by Crippen LogP contribution is 2.29. The number of carbonyl (C=O) groups is 1. The Kier molecular flexibility index (Phi) is 8.12. The van der Waals surface area contributed by atoms with Crippen molar-refractivity contribution in [3.05, 3.63) is 83.6 Å². The molecule has 0 atom stereocenters. The number of rotatable bonds is 10. The third kappa shape index (κ3) is 6.26. The van der Waals surface area contributed by atoms with Crippen LogP contribution in [0.5, 0.6) is 11.5 Å². The van der Waals surface area contributed by atoms with Crippen LogP contribution in [0.3, 0.4) is 0 Å². The normalized spacial score (nSPS) is 10.6. The number of amides is 1. The monoisotopic (exact) mass is 509 g/mol. The predicted octanol–water partition coefficient (Wildman–Crippen LogP) is 5.28. The van der Waals surface area contributed by atoms with Crippen molar-refractivity contribution < 1.29 is 14.3 Å². The molecule has 0 fully saturated rings. The van der Waals surface area contributed by atoms with E-state index in [0.29, 0.717) is 39.7 Å². The fraction of sp³-hybridized carbons (Fsp3) is 0.160. The maximum absolute atomic E-state index is 12.7. The molecule has 0 unspecified atom stereocenters. The summed E-state index contributed by atoms with van der Waals surface area (Å²) >= 11 is 7.28. The number of para-hydroxylation sites is 1. The van der Waals surface area contributed by atoms with Gasteiger partial charge in [-0.05, 0) is 48.5 Å². The quantitative estimate of drug-likeness (QED) is 0.281. The average Bonchev–Trinajstić information content (AvgIpc) is 3.30. The number of carbonyl (C=O) groups excluding carboxylic acids is 1. The van der Waals surface area contributed by atoms with Crippen LogP contribution in [0.2, 0.25) is 5.02 Å². The summed E-state index contributed by atoms with van der Waals surface area (Å²) in [6.45, 7) is 0.442. The molecule has 0 aliphatic carbocycles. The van der Waals surface area contributed by atoms with E-state index >= 15 is 0 Å². The second kappa shape index (κ2) is 11.6. The highest BCUT2D eigenvalue weighted by atomic mass is 35.5. The average molecular weight is 510 g/mol. The van der Waals surface area contributed by atoms with E-state index in [-0.39, 0.29) is 11.7 Å². The summed E-state index contributed by atoms with van der Waals surface area (Å²) in [5.74, 6) is 1.81. The molecule has 2 N–H and O–H groups in total. The maximum atomic E-state index is 12.7. The zero-order valence-corrected chi connectivity index (χ0v) is 20.8. The molecular formula is C25H24ClN5O3S. The summed E-state index contributed by atoms with van der Waals surface area (Å²) in [7, 11) is 3.12. The molecule has 8 nitrogen and oxygen atoms in total. The summed E-state index contributed by atoms with van der Waals surface area (Å²) in [5.41, 5.74) is 2.36. The summed E-state index contributed by atoms with van der Waals surface area (Å²) < 4.78 is 12.5. The second-order valence-corrected chi connectivity index (χ2v) is 8.71. The number of halogens is 1. The van der Waals surface area contributed by atoms with Gasteiger partial charge in [-0.3, -0.25) is 9.36 Å². The number of benzene rings is 3. The number of ether oxygens (including phenoxy) is 2. The highest BCUT2D eigenvalue weighted by Gasteiger charge is 2.17. The van der Waals surface area contributed by atoms with E-state index in [1.54, 1.807) is 32.4 Å². The van der Waals surface area contributed by atoms with E-state index < -0.39 is 0 Å². The van der Waals surface area contributed by atoms with Gasteiger partial charge in [0.15, 0.2) is 11.0 Å². The van der Waals surface area contributed by atoms with E-state index in [0.717, 1.165) is 11.4 Å². The molecular weight excluding hydrogens is 486 g/mol. The Morgan fingerprint density at radius 1 is 1.00 bits per heavy atom. The van der Waals surface area contributed by atoms with Gasteiger partial charge in [-0.1, -0.05) is 41.6 Å². The molecule has 0 saturated heterocycles. The van der Waals surface area contributed by atoms with Crippen LogP contribution in [0.25, 0.3) is 5.69 Å². The Bertz CT molecular complexity index is 1280. The van der Waals surface area contributed by atoms with E-state index in [4.69, 9.17) is 21.1 Å². The molecule has 180 valence electrons. The van der Waals surface area contributed by atoms with Crippen LogP contribution in [-0.4, -0.2) is 40.6 Å². The molecule has 0 saturated carbocycles. The zero-order valence-electron chi connectivity index (χ0n) is 19.2. The highest BCUT2D eigenvalue weighted by molar-refractivity contribution is 7.99. The van der Waals surface area contributed by atoms with Gasteiger partial charge in [0.1, 0.15) is 11.5 Å². The summed E-state index contributed by atoms with van der Waals surface area (Å²) in [4.78, 5) is 12.7. The molecule has 1 aromatic heterocycles. The first-order chi connectivity index (χ1) is 17.1. The molecule has 4 rings (SSSR count). The predicted molar refractivity (Wildman–Crippen MR) is 139 cm³/mol. The maximum Gasteiger partial charge on any atom is 0.234 e. The lowest BCUT2D eigenvalue weighted by Crippen LogP contribution is -2.15. The van der Waals surface area contributed by atoms with Gasteiger partial charge in [0, 0.05) is 22.5 Å². The van der Waals surface area contributed by atoms with E-state index in [1.165, 1.54) is 11.8 Å². The van der Waals surface area contributed by atoms with Crippen LogP contribution in [0, 0.1) is 0 Å². The molecule has 0 radical (unpaired) electrons. The topological polar surface area (TPSA) is 90.3 Å². The van der Waals surface area contributed by atoms with Crippen LogP contribution < -0.4 is 20.1 Å².